The van der Waals surface area contributed by atoms with Gasteiger partial charge in [0.2, 0.25) is 17.7 Å². The van der Waals surface area contributed by atoms with Crippen molar-refractivity contribution in [3.8, 4) is 0 Å². The minimum absolute atomic E-state index is 0.0434. The maximum absolute atomic E-state index is 13.8. The van der Waals surface area contributed by atoms with Gasteiger partial charge in [-0.15, -0.1) is 11.3 Å². The number of hydrogen-bond acceptors (Lipinski definition) is 10. The summed E-state index contributed by atoms with van der Waals surface area (Å²) in [5.74, 6) is -3.93. The summed E-state index contributed by atoms with van der Waals surface area (Å²) in [4.78, 5) is 30.0. The molecule has 0 aliphatic carbocycles. The molecular weight excluding hydrogens is 640 g/mol. The molecule has 4 rings (SSSR count). The van der Waals surface area contributed by atoms with Crippen LogP contribution in [0.15, 0.2) is 47.8 Å². The highest BCUT2D eigenvalue weighted by atomic mass is 35.5. The van der Waals surface area contributed by atoms with E-state index in [2.05, 4.69) is 35.2 Å². The average Bonchev–Trinajstić information content (AvgIpc) is 3.55. The van der Waals surface area contributed by atoms with E-state index in [-0.39, 0.29) is 28.9 Å². The summed E-state index contributed by atoms with van der Waals surface area (Å²) in [5.41, 5.74) is -0.717. The van der Waals surface area contributed by atoms with Crippen LogP contribution in [0, 0.1) is 5.92 Å². The number of rotatable bonds is 11. The number of amides is 1. The number of aliphatic hydroxyl groups excluding tert-OH is 1. The van der Waals surface area contributed by atoms with Crippen LogP contribution in [0.2, 0.25) is 5.02 Å². The topological polar surface area (TPSA) is 148 Å². The van der Waals surface area contributed by atoms with Crippen LogP contribution in [0.25, 0.3) is 0 Å². The molecule has 0 aromatic carbocycles. The van der Waals surface area contributed by atoms with Gasteiger partial charge in [0.1, 0.15) is 23.9 Å². The molecule has 3 aromatic heterocycles. The molecule has 1 saturated heterocycles. The van der Waals surface area contributed by atoms with Crippen molar-refractivity contribution in [1.29, 1.82) is 0 Å². The molecule has 3 N–H and O–H groups in total. The Hall–Kier alpha value is -3.43. The Morgan fingerprint density at radius 2 is 2.02 bits per heavy atom. The van der Waals surface area contributed by atoms with Gasteiger partial charge in [-0.2, -0.15) is 0 Å². The molecule has 2 unspecified atom stereocenters. The summed E-state index contributed by atoms with van der Waals surface area (Å²) in [5, 5.41) is 29.9. The molecular formula is C31H38ClF2N7O4S. The molecule has 0 bridgehead atoms. The maximum Gasteiger partial charge on any atom is 0.272 e. The van der Waals surface area contributed by atoms with Gasteiger partial charge in [-0.05, 0) is 39.8 Å². The van der Waals surface area contributed by atoms with Crippen molar-refractivity contribution in [2.75, 3.05) is 25.0 Å². The van der Waals surface area contributed by atoms with Gasteiger partial charge in [0.15, 0.2) is 0 Å². The van der Waals surface area contributed by atoms with Crippen LogP contribution in [-0.4, -0.2) is 63.5 Å². The second-order valence-corrected chi connectivity index (χ2v) is 13.7. The number of hydrogen-bond donors (Lipinski definition) is 3. The lowest BCUT2D eigenvalue weighted by molar-refractivity contribution is -0.214. The van der Waals surface area contributed by atoms with Gasteiger partial charge < -0.3 is 20.3 Å². The number of anilines is 1. The van der Waals surface area contributed by atoms with Gasteiger partial charge in [0.25, 0.3) is 5.92 Å². The zero-order valence-electron chi connectivity index (χ0n) is 26.3. The quantitative estimate of drug-likeness (QED) is 0.121. The normalized spacial score (nSPS) is 18.4. The molecule has 1 aliphatic rings. The van der Waals surface area contributed by atoms with Crippen LogP contribution >= 0.6 is 22.9 Å². The molecule has 0 radical (unpaired) electrons. The first-order valence-electron chi connectivity index (χ1n) is 14.7. The van der Waals surface area contributed by atoms with Crippen molar-refractivity contribution in [3.63, 3.8) is 0 Å². The summed E-state index contributed by atoms with van der Waals surface area (Å²) < 4.78 is 35.2. The number of alkyl halides is 2. The number of halogens is 3. The monoisotopic (exact) mass is 677 g/mol. The molecule has 3 atom stereocenters. The maximum atomic E-state index is 13.8. The van der Waals surface area contributed by atoms with E-state index < -0.39 is 41.3 Å². The predicted molar refractivity (Wildman–Crippen MR) is 170 cm³/mol. The van der Waals surface area contributed by atoms with E-state index in [1.54, 1.807) is 25.3 Å². The number of aromatic nitrogens is 3. The number of carbonyl (C=O) groups excluding carboxylic acids is 1. The van der Waals surface area contributed by atoms with Crippen LogP contribution in [0.3, 0.4) is 0 Å². The highest BCUT2D eigenvalue weighted by Crippen LogP contribution is 2.33. The number of aliphatic imine (C=N–C) groups is 1. The average molecular weight is 678 g/mol. The first-order valence-corrected chi connectivity index (χ1v) is 15.9. The fourth-order valence-electron chi connectivity index (χ4n) is 4.77. The Kier molecular flexibility index (Phi) is 11.5. The zero-order chi connectivity index (χ0) is 33.6. The van der Waals surface area contributed by atoms with Gasteiger partial charge in [0, 0.05) is 72.9 Å². The minimum atomic E-state index is -3.20. The molecule has 1 amide bonds. The number of thiazole rings is 1. The van der Waals surface area contributed by atoms with E-state index in [1.807, 2.05) is 26.8 Å². The van der Waals surface area contributed by atoms with Gasteiger partial charge in [0.05, 0.1) is 28.8 Å². The molecule has 0 saturated carbocycles. The Morgan fingerprint density at radius 1 is 1.26 bits per heavy atom. The third kappa shape index (κ3) is 10.3. The van der Waals surface area contributed by atoms with Crippen molar-refractivity contribution in [3.05, 3.63) is 74.4 Å². The van der Waals surface area contributed by atoms with Gasteiger partial charge in [-0.3, -0.25) is 20.1 Å². The van der Waals surface area contributed by atoms with Crippen molar-refractivity contribution in [2.45, 2.75) is 71.4 Å². The summed E-state index contributed by atoms with van der Waals surface area (Å²) in [6.07, 6.45) is 3.91. The molecule has 248 valence electrons. The summed E-state index contributed by atoms with van der Waals surface area (Å²) in [6, 6.07) is 5.83. The van der Waals surface area contributed by atoms with Crippen LogP contribution in [-0.2, 0) is 21.9 Å². The lowest BCUT2D eigenvalue weighted by atomic mass is 10.1. The largest absolute Gasteiger partial charge is 0.857 e. The van der Waals surface area contributed by atoms with Gasteiger partial charge in [-0.25, -0.2) is 23.3 Å². The fourth-order valence-corrected chi connectivity index (χ4v) is 5.94. The number of ether oxygens (including phenoxy) is 1. The molecule has 11 nitrogen and oxygen atoms in total. The van der Waals surface area contributed by atoms with Crippen molar-refractivity contribution in [1.82, 2.24) is 24.8 Å². The first kappa shape index (κ1) is 35.4. The van der Waals surface area contributed by atoms with Crippen LogP contribution in [0.5, 0.6) is 0 Å². The molecule has 1 fully saturated rings. The van der Waals surface area contributed by atoms with Crippen LogP contribution < -0.4 is 25.7 Å². The second kappa shape index (κ2) is 15.0. The number of aliphatic hydroxyl groups is 1. The molecule has 1 aliphatic heterocycles. The van der Waals surface area contributed by atoms with E-state index in [1.165, 1.54) is 17.5 Å². The smallest absolute Gasteiger partial charge is 0.272 e. The van der Waals surface area contributed by atoms with Crippen molar-refractivity contribution >= 4 is 40.6 Å². The van der Waals surface area contributed by atoms with Crippen LogP contribution in [0.1, 0.15) is 68.2 Å². The lowest BCUT2D eigenvalue weighted by Gasteiger charge is -2.24. The third-order valence-electron chi connectivity index (χ3n) is 6.94. The molecule has 15 heteroatoms. The van der Waals surface area contributed by atoms with Crippen molar-refractivity contribution < 1.29 is 28.5 Å². The second-order valence-electron chi connectivity index (χ2n) is 12.1. The zero-order valence-corrected chi connectivity index (χ0v) is 27.8. The number of carbonyl (C=O) groups is 1. The Labute approximate surface area is 275 Å². The molecule has 46 heavy (non-hydrogen) atoms. The van der Waals surface area contributed by atoms with E-state index in [0.29, 0.717) is 23.4 Å². The van der Waals surface area contributed by atoms with E-state index >= 15 is 0 Å². The molecule has 0 spiro atoms. The highest BCUT2D eigenvalue weighted by molar-refractivity contribution is 7.11. The lowest BCUT2D eigenvalue weighted by Crippen LogP contribution is -2.40. The Bertz CT molecular complexity index is 1640. The summed E-state index contributed by atoms with van der Waals surface area (Å²) >= 11 is 7.04. The van der Waals surface area contributed by atoms with Gasteiger partial charge in [-0.1, -0.05) is 11.6 Å². The highest BCUT2D eigenvalue weighted by Gasteiger charge is 2.29. The van der Waals surface area contributed by atoms with E-state index in [0.717, 1.165) is 37.1 Å². The molecule has 3 aromatic rings. The van der Waals surface area contributed by atoms with E-state index in [9.17, 15) is 23.8 Å². The number of nitrogens with zero attached hydrogens (tertiary/aromatic N) is 5. The predicted octanol–water partition coefficient (Wildman–Crippen LogP) is 3.22. The minimum Gasteiger partial charge on any atom is -0.857 e. The summed E-state index contributed by atoms with van der Waals surface area (Å²) in [6.45, 7) is 10.2. The van der Waals surface area contributed by atoms with E-state index in [4.69, 9.17) is 16.3 Å². The number of pyridine rings is 1. The van der Waals surface area contributed by atoms with Crippen molar-refractivity contribution in [2.24, 2.45) is 10.9 Å². The standard InChI is InChI=1S/C31H38ClF2N7O4S/c1-18(28-37-15-21(46-28)12-26(42)40-25-13-22(31(5,33)34)23(32)16-36-25)39-27(43)24-11-20(7-6-9-35-24)41-10-8-19(17-41)14-38-29(44)45-30(2,3)4/h6-7,9,11,13,15-16,18-19,29,38,44H,8,10,12,14,17H2,1-5H3,(H-,36,39,40,42,43)/t18?,19-,29?/m1/s1. The number of nitrogens with one attached hydrogen (secondary N) is 2. The molecule has 4 heterocycles. The SMILES string of the molecule is CC(N=C([O-])c1cc(=[N+]2CC[C@H](CNC(O)OC(C)(C)C)C2)cccn1)c1ncc(CC(=O)Nc2cc(C(C)(F)F)c(Cl)cn2)s1. The first-order chi connectivity index (χ1) is 21.6. The Balaban J connectivity index is 1.39. The Morgan fingerprint density at radius 3 is 2.74 bits per heavy atom. The van der Waals surface area contributed by atoms with Gasteiger partial charge >= 0.3 is 0 Å². The fraction of sp³-hybridized carbons (Fsp3) is 0.484. The summed E-state index contributed by atoms with van der Waals surface area (Å²) in [7, 11) is 0. The van der Waals surface area contributed by atoms with Crippen LogP contribution in [0.4, 0.5) is 14.6 Å². The third-order valence-corrected chi connectivity index (χ3v) is 8.41.